The Morgan fingerprint density at radius 1 is 1.50 bits per heavy atom. The Morgan fingerprint density at radius 2 is 2.36 bits per heavy atom. The molecule has 78 valence electrons. The van der Waals surface area contributed by atoms with Crippen LogP contribution < -0.4 is 5.32 Å². The van der Waals surface area contributed by atoms with E-state index in [1.165, 1.54) is 0 Å². The molecule has 1 aromatic heterocycles. The Labute approximate surface area is 82.8 Å². The van der Waals surface area contributed by atoms with E-state index in [-0.39, 0.29) is 12.0 Å². The van der Waals surface area contributed by atoms with Crippen LogP contribution in [0.4, 0.5) is 0 Å². The Hall–Kier alpha value is -0.940. The smallest absolute Gasteiger partial charge is 0.229 e. The van der Waals surface area contributed by atoms with Crippen molar-refractivity contribution in [3.8, 4) is 0 Å². The maximum absolute atomic E-state index is 5.51. The van der Waals surface area contributed by atoms with Crippen LogP contribution >= 0.6 is 0 Å². The van der Waals surface area contributed by atoms with Gasteiger partial charge in [-0.1, -0.05) is 19.0 Å². The van der Waals surface area contributed by atoms with Crippen molar-refractivity contribution in [2.24, 2.45) is 0 Å². The van der Waals surface area contributed by atoms with E-state index in [9.17, 15) is 0 Å². The molecule has 1 aliphatic rings. The molecule has 1 aromatic rings. The molecule has 2 rings (SSSR count). The van der Waals surface area contributed by atoms with Crippen LogP contribution in [0.1, 0.15) is 37.6 Å². The van der Waals surface area contributed by atoms with Gasteiger partial charge in [-0.15, -0.1) is 0 Å². The van der Waals surface area contributed by atoms with E-state index in [0.29, 0.717) is 18.3 Å². The van der Waals surface area contributed by atoms with Crippen molar-refractivity contribution in [2.75, 3.05) is 19.7 Å². The number of aromatic nitrogens is 2. The summed E-state index contributed by atoms with van der Waals surface area (Å²) in [5.41, 5.74) is 0. The van der Waals surface area contributed by atoms with Crippen LogP contribution in [-0.2, 0) is 4.74 Å². The molecular formula is C9H15N3O2. The van der Waals surface area contributed by atoms with Gasteiger partial charge in [0.2, 0.25) is 11.7 Å². The fourth-order valence-corrected chi connectivity index (χ4v) is 1.34. The van der Waals surface area contributed by atoms with Crippen molar-refractivity contribution in [3.63, 3.8) is 0 Å². The molecule has 2 heterocycles. The van der Waals surface area contributed by atoms with Crippen LogP contribution in [0.2, 0.25) is 0 Å². The van der Waals surface area contributed by atoms with Crippen LogP contribution in [0.5, 0.6) is 0 Å². The molecule has 0 aliphatic carbocycles. The first-order valence-electron chi connectivity index (χ1n) is 4.93. The highest BCUT2D eigenvalue weighted by Gasteiger charge is 2.21. The van der Waals surface area contributed by atoms with Gasteiger partial charge in [0.25, 0.3) is 0 Å². The number of nitrogens with one attached hydrogen (secondary N) is 1. The topological polar surface area (TPSA) is 60.2 Å². The molecule has 1 saturated heterocycles. The second-order valence-electron chi connectivity index (χ2n) is 3.71. The first-order chi connectivity index (χ1) is 6.77. The monoisotopic (exact) mass is 197 g/mol. The van der Waals surface area contributed by atoms with E-state index in [2.05, 4.69) is 15.5 Å². The molecule has 1 fully saturated rings. The minimum absolute atomic E-state index is 0.0556. The quantitative estimate of drug-likeness (QED) is 0.761. The van der Waals surface area contributed by atoms with Crippen LogP contribution in [0.25, 0.3) is 0 Å². The van der Waals surface area contributed by atoms with Gasteiger partial charge in [-0.3, -0.25) is 0 Å². The van der Waals surface area contributed by atoms with Gasteiger partial charge in [-0.25, -0.2) is 0 Å². The largest absolute Gasteiger partial charge is 0.367 e. The van der Waals surface area contributed by atoms with Crippen LogP contribution in [-0.4, -0.2) is 29.8 Å². The highest BCUT2D eigenvalue weighted by atomic mass is 16.5. The first kappa shape index (κ1) is 9.61. The second-order valence-corrected chi connectivity index (χ2v) is 3.71. The molecule has 0 amide bonds. The standard InChI is InChI=1S/C9H15N3O2/c1-6(2)9-11-8(12-14-9)7-5-10-3-4-13-7/h6-7,10H,3-5H2,1-2H3. The van der Waals surface area contributed by atoms with Crippen molar-refractivity contribution in [3.05, 3.63) is 11.7 Å². The molecule has 1 atom stereocenters. The summed E-state index contributed by atoms with van der Waals surface area (Å²) in [5.74, 6) is 1.60. The van der Waals surface area contributed by atoms with Crippen LogP contribution in [0.3, 0.4) is 0 Å². The molecule has 1 N–H and O–H groups in total. The molecule has 0 spiro atoms. The van der Waals surface area contributed by atoms with Gasteiger partial charge in [-0.2, -0.15) is 4.98 Å². The maximum Gasteiger partial charge on any atom is 0.229 e. The van der Waals surface area contributed by atoms with Crippen LogP contribution in [0, 0.1) is 0 Å². The van der Waals surface area contributed by atoms with Gasteiger partial charge in [0, 0.05) is 19.0 Å². The molecule has 0 bridgehead atoms. The Bertz CT molecular complexity index is 292. The zero-order chi connectivity index (χ0) is 9.97. The predicted molar refractivity (Wildman–Crippen MR) is 49.9 cm³/mol. The third kappa shape index (κ3) is 1.93. The van der Waals surface area contributed by atoms with E-state index in [0.717, 1.165) is 13.1 Å². The molecule has 14 heavy (non-hydrogen) atoms. The molecule has 1 unspecified atom stereocenters. The van der Waals surface area contributed by atoms with E-state index in [4.69, 9.17) is 9.26 Å². The minimum atomic E-state index is -0.0556. The summed E-state index contributed by atoms with van der Waals surface area (Å²) in [5, 5.41) is 7.14. The zero-order valence-corrected chi connectivity index (χ0v) is 8.49. The van der Waals surface area contributed by atoms with E-state index in [1.54, 1.807) is 0 Å². The van der Waals surface area contributed by atoms with Crippen molar-refractivity contribution >= 4 is 0 Å². The normalized spacial score (nSPS) is 22.9. The lowest BCUT2D eigenvalue weighted by molar-refractivity contribution is 0.0208. The lowest BCUT2D eigenvalue weighted by atomic mass is 10.2. The Morgan fingerprint density at radius 3 is 2.93 bits per heavy atom. The fourth-order valence-electron chi connectivity index (χ4n) is 1.34. The zero-order valence-electron chi connectivity index (χ0n) is 8.49. The lowest BCUT2D eigenvalue weighted by Gasteiger charge is -2.20. The third-order valence-corrected chi connectivity index (χ3v) is 2.17. The fraction of sp³-hybridized carbons (Fsp3) is 0.778. The highest BCUT2D eigenvalue weighted by Crippen LogP contribution is 2.18. The van der Waals surface area contributed by atoms with E-state index < -0.39 is 0 Å². The summed E-state index contributed by atoms with van der Waals surface area (Å²) in [6, 6.07) is 0. The molecule has 0 radical (unpaired) electrons. The second kappa shape index (κ2) is 4.06. The molecular weight excluding hydrogens is 182 g/mol. The summed E-state index contributed by atoms with van der Waals surface area (Å²) in [4.78, 5) is 4.29. The van der Waals surface area contributed by atoms with Crippen molar-refractivity contribution in [2.45, 2.75) is 25.9 Å². The molecule has 0 saturated carbocycles. The molecule has 5 heteroatoms. The summed E-state index contributed by atoms with van der Waals surface area (Å²) >= 11 is 0. The van der Waals surface area contributed by atoms with Crippen LogP contribution in [0.15, 0.2) is 4.52 Å². The number of hydrogen-bond acceptors (Lipinski definition) is 5. The van der Waals surface area contributed by atoms with E-state index in [1.807, 2.05) is 13.8 Å². The minimum Gasteiger partial charge on any atom is -0.367 e. The predicted octanol–water partition coefficient (Wildman–Crippen LogP) is 0.854. The lowest BCUT2D eigenvalue weighted by Crippen LogP contribution is -2.33. The summed E-state index contributed by atoms with van der Waals surface area (Å²) in [6.45, 7) is 6.41. The maximum atomic E-state index is 5.51. The number of hydrogen-bond donors (Lipinski definition) is 1. The number of ether oxygens (including phenoxy) is 1. The highest BCUT2D eigenvalue weighted by molar-refractivity contribution is 4.95. The average Bonchev–Trinajstić information content (AvgIpc) is 2.68. The Kier molecular flexibility index (Phi) is 2.79. The van der Waals surface area contributed by atoms with Gasteiger partial charge in [0.05, 0.1) is 6.61 Å². The first-order valence-corrected chi connectivity index (χ1v) is 4.93. The van der Waals surface area contributed by atoms with Gasteiger partial charge in [-0.05, 0) is 0 Å². The summed E-state index contributed by atoms with van der Waals surface area (Å²) in [6.07, 6.45) is -0.0556. The molecule has 1 aliphatic heterocycles. The van der Waals surface area contributed by atoms with Gasteiger partial charge >= 0.3 is 0 Å². The molecule has 5 nitrogen and oxygen atoms in total. The summed E-state index contributed by atoms with van der Waals surface area (Å²) in [7, 11) is 0. The SMILES string of the molecule is CC(C)c1nc(C2CNCCO2)no1. The summed E-state index contributed by atoms with van der Waals surface area (Å²) < 4.78 is 10.6. The average molecular weight is 197 g/mol. The van der Waals surface area contributed by atoms with Gasteiger partial charge < -0.3 is 14.6 Å². The number of morpholine rings is 1. The Balaban J connectivity index is 2.07. The van der Waals surface area contributed by atoms with Crippen molar-refractivity contribution in [1.82, 2.24) is 15.5 Å². The van der Waals surface area contributed by atoms with Crippen molar-refractivity contribution < 1.29 is 9.26 Å². The third-order valence-electron chi connectivity index (χ3n) is 2.17. The molecule has 0 aromatic carbocycles. The number of nitrogens with zero attached hydrogens (tertiary/aromatic N) is 2. The van der Waals surface area contributed by atoms with E-state index >= 15 is 0 Å². The van der Waals surface area contributed by atoms with Gasteiger partial charge in [0.15, 0.2) is 0 Å². The van der Waals surface area contributed by atoms with Crippen molar-refractivity contribution in [1.29, 1.82) is 0 Å². The number of rotatable bonds is 2. The van der Waals surface area contributed by atoms with Gasteiger partial charge in [0.1, 0.15) is 6.10 Å².